The summed E-state index contributed by atoms with van der Waals surface area (Å²) in [4.78, 5) is 8.84. The Bertz CT molecular complexity index is 1020. The van der Waals surface area contributed by atoms with Crippen LogP contribution in [0.2, 0.25) is 0 Å². The number of halogens is 2. The maximum absolute atomic E-state index is 14.0. The van der Waals surface area contributed by atoms with E-state index in [0.717, 1.165) is 63.1 Å². The first-order valence-corrected chi connectivity index (χ1v) is 10.7. The number of rotatable bonds is 7. The van der Waals surface area contributed by atoms with E-state index in [1.54, 1.807) is 13.1 Å². The van der Waals surface area contributed by atoms with Crippen molar-refractivity contribution in [1.82, 2.24) is 30.1 Å². The van der Waals surface area contributed by atoms with Crippen LogP contribution in [0.1, 0.15) is 12.2 Å². The number of pyridine rings is 1. The number of piperazine rings is 1. The average molecular weight is 552 g/mol. The zero-order chi connectivity index (χ0) is 21.5. The van der Waals surface area contributed by atoms with E-state index in [-0.39, 0.29) is 29.8 Å². The average Bonchev–Trinajstić information content (AvgIpc) is 3.23. The molecule has 1 saturated heterocycles. The molecule has 0 bridgehead atoms. The summed E-state index contributed by atoms with van der Waals surface area (Å²) in [6, 6.07) is 12.8. The minimum absolute atomic E-state index is 0. The number of fused-ring (bicyclic) bond motifs is 1. The van der Waals surface area contributed by atoms with Crippen molar-refractivity contribution in [3.05, 3.63) is 60.3 Å². The molecule has 0 spiro atoms. The molecule has 0 saturated carbocycles. The monoisotopic (exact) mass is 552 g/mol. The Hall–Kier alpha value is -2.47. The number of guanidine groups is 1. The first-order valence-electron chi connectivity index (χ1n) is 10.7. The number of aliphatic imine (C=N–C) groups is 1. The molecule has 0 aliphatic carbocycles. The Kier molecular flexibility index (Phi) is 9.03. The molecule has 0 radical (unpaired) electrons. The minimum Gasteiger partial charge on any atom is -0.367 e. The molecule has 4 rings (SSSR count). The van der Waals surface area contributed by atoms with Gasteiger partial charge in [0.2, 0.25) is 0 Å². The summed E-state index contributed by atoms with van der Waals surface area (Å²) in [5, 5.41) is 15.0. The van der Waals surface area contributed by atoms with E-state index in [1.165, 1.54) is 6.07 Å². The van der Waals surface area contributed by atoms with Gasteiger partial charge in [-0.25, -0.2) is 4.39 Å². The third kappa shape index (κ3) is 6.06. The van der Waals surface area contributed by atoms with Crippen molar-refractivity contribution in [1.29, 1.82) is 0 Å². The molecule has 2 aromatic heterocycles. The Morgan fingerprint density at radius 1 is 1.03 bits per heavy atom. The second-order valence-electron chi connectivity index (χ2n) is 7.53. The van der Waals surface area contributed by atoms with Crippen LogP contribution in [0, 0.1) is 5.82 Å². The van der Waals surface area contributed by atoms with E-state index in [0.29, 0.717) is 12.2 Å². The normalized spacial score (nSPS) is 14.9. The Balaban J connectivity index is 0.00000289. The first-order chi connectivity index (χ1) is 15.2. The fourth-order valence-electron chi connectivity index (χ4n) is 3.82. The van der Waals surface area contributed by atoms with Gasteiger partial charge in [0.1, 0.15) is 5.82 Å². The van der Waals surface area contributed by atoms with Gasteiger partial charge in [0.05, 0.1) is 12.2 Å². The number of aromatic nitrogens is 3. The second-order valence-corrected chi connectivity index (χ2v) is 7.53. The van der Waals surface area contributed by atoms with Gasteiger partial charge in [-0.1, -0.05) is 18.2 Å². The highest BCUT2D eigenvalue weighted by Gasteiger charge is 2.18. The molecule has 10 heteroatoms. The van der Waals surface area contributed by atoms with Gasteiger partial charge in [-0.3, -0.25) is 14.3 Å². The zero-order valence-electron chi connectivity index (χ0n) is 18.2. The molecule has 172 valence electrons. The van der Waals surface area contributed by atoms with Gasteiger partial charge in [0.25, 0.3) is 0 Å². The summed E-state index contributed by atoms with van der Waals surface area (Å²) < 4.78 is 15.9. The molecule has 32 heavy (non-hydrogen) atoms. The predicted octanol–water partition coefficient (Wildman–Crippen LogP) is 2.36. The first kappa shape index (κ1) is 24.2. The van der Waals surface area contributed by atoms with Crippen LogP contribution in [0.25, 0.3) is 5.65 Å². The molecule has 3 heterocycles. The fraction of sp³-hybridized carbons (Fsp3) is 0.409. The molecule has 1 aliphatic heterocycles. The lowest BCUT2D eigenvalue weighted by Crippen LogP contribution is -2.47. The zero-order valence-corrected chi connectivity index (χ0v) is 20.6. The van der Waals surface area contributed by atoms with Gasteiger partial charge >= 0.3 is 0 Å². The quantitative estimate of drug-likeness (QED) is 0.203. The smallest absolute Gasteiger partial charge is 0.191 e. The molecule has 0 atom stereocenters. The standard InChI is InChI=1S/C22H29FN8.HI/c1-24-22(26-17-21-28-27-20-9-4-5-12-31(20)21)25-10-6-11-29-13-15-30(16-14-29)19-8-3-2-7-18(19)23;/h2-5,7-9,12H,6,10-11,13-17H2,1H3,(H2,24,25,26);1H. The van der Waals surface area contributed by atoms with Crippen molar-refractivity contribution in [3.8, 4) is 0 Å². The summed E-state index contributed by atoms with van der Waals surface area (Å²) in [6.45, 7) is 5.97. The van der Waals surface area contributed by atoms with Crippen molar-refractivity contribution in [2.75, 3.05) is 51.2 Å². The van der Waals surface area contributed by atoms with Gasteiger partial charge in [-0.05, 0) is 37.2 Å². The Labute approximate surface area is 204 Å². The molecule has 8 nitrogen and oxygen atoms in total. The van der Waals surface area contributed by atoms with Crippen LogP contribution in [0.5, 0.6) is 0 Å². The summed E-state index contributed by atoms with van der Waals surface area (Å²) >= 11 is 0. The van der Waals surface area contributed by atoms with Gasteiger partial charge in [-0.2, -0.15) is 0 Å². The molecular weight excluding hydrogens is 522 g/mol. The van der Waals surface area contributed by atoms with Crippen LogP contribution in [0.4, 0.5) is 10.1 Å². The topological polar surface area (TPSA) is 73.1 Å². The number of nitrogens with zero attached hydrogens (tertiary/aromatic N) is 6. The maximum atomic E-state index is 14.0. The Morgan fingerprint density at radius 3 is 2.59 bits per heavy atom. The number of anilines is 1. The van der Waals surface area contributed by atoms with Crippen LogP contribution in [-0.2, 0) is 6.54 Å². The largest absolute Gasteiger partial charge is 0.367 e. The van der Waals surface area contributed by atoms with Gasteiger partial charge < -0.3 is 15.5 Å². The minimum atomic E-state index is -0.141. The van der Waals surface area contributed by atoms with E-state index in [9.17, 15) is 4.39 Å². The maximum Gasteiger partial charge on any atom is 0.191 e. The van der Waals surface area contributed by atoms with Crippen molar-refractivity contribution in [3.63, 3.8) is 0 Å². The lowest BCUT2D eigenvalue weighted by Gasteiger charge is -2.36. The lowest BCUT2D eigenvalue weighted by molar-refractivity contribution is 0.254. The van der Waals surface area contributed by atoms with Crippen LogP contribution < -0.4 is 15.5 Å². The van der Waals surface area contributed by atoms with Crippen molar-refractivity contribution >= 4 is 41.3 Å². The number of hydrogen-bond acceptors (Lipinski definition) is 5. The predicted molar refractivity (Wildman–Crippen MR) is 136 cm³/mol. The van der Waals surface area contributed by atoms with E-state index in [4.69, 9.17) is 0 Å². The summed E-state index contributed by atoms with van der Waals surface area (Å²) in [5.74, 6) is 1.45. The summed E-state index contributed by atoms with van der Waals surface area (Å²) in [5.41, 5.74) is 1.54. The van der Waals surface area contributed by atoms with Crippen molar-refractivity contribution in [2.24, 2.45) is 4.99 Å². The van der Waals surface area contributed by atoms with E-state index < -0.39 is 0 Å². The highest BCUT2D eigenvalue weighted by atomic mass is 127. The van der Waals surface area contributed by atoms with Gasteiger partial charge in [0.15, 0.2) is 17.4 Å². The molecule has 1 fully saturated rings. The SMILES string of the molecule is CN=C(NCCCN1CCN(c2ccccc2F)CC1)NCc1nnc2ccccn12.I. The van der Waals surface area contributed by atoms with Crippen LogP contribution in [-0.4, -0.2) is 71.8 Å². The van der Waals surface area contributed by atoms with E-state index in [2.05, 4.69) is 35.6 Å². The van der Waals surface area contributed by atoms with E-state index >= 15 is 0 Å². The third-order valence-corrected chi connectivity index (χ3v) is 5.53. The molecular formula is C22H30FIN8. The third-order valence-electron chi connectivity index (χ3n) is 5.53. The number of hydrogen-bond donors (Lipinski definition) is 2. The highest BCUT2D eigenvalue weighted by molar-refractivity contribution is 14.0. The van der Waals surface area contributed by atoms with Crippen LogP contribution in [0.3, 0.4) is 0 Å². The van der Waals surface area contributed by atoms with Crippen LogP contribution in [0.15, 0.2) is 53.7 Å². The lowest BCUT2D eigenvalue weighted by atomic mass is 10.2. The summed E-state index contributed by atoms with van der Waals surface area (Å²) in [7, 11) is 1.76. The number of nitrogens with one attached hydrogen (secondary N) is 2. The van der Waals surface area contributed by atoms with Crippen LogP contribution >= 0.6 is 24.0 Å². The van der Waals surface area contributed by atoms with Crippen molar-refractivity contribution in [2.45, 2.75) is 13.0 Å². The second kappa shape index (κ2) is 12.0. The molecule has 1 aliphatic rings. The highest BCUT2D eigenvalue weighted by Crippen LogP contribution is 2.20. The summed E-state index contributed by atoms with van der Waals surface area (Å²) in [6.07, 6.45) is 2.96. The van der Waals surface area contributed by atoms with E-state index in [1.807, 2.05) is 40.9 Å². The van der Waals surface area contributed by atoms with Crippen molar-refractivity contribution < 1.29 is 4.39 Å². The van der Waals surface area contributed by atoms with Gasteiger partial charge in [0, 0.05) is 46.0 Å². The number of benzene rings is 1. The molecule has 1 aromatic carbocycles. The fourth-order valence-corrected chi connectivity index (χ4v) is 3.82. The number of para-hydroxylation sites is 1. The molecule has 0 amide bonds. The molecule has 2 N–H and O–H groups in total. The molecule has 0 unspecified atom stereocenters. The molecule has 3 aromatic rings. The van der Waals surface area contributed by atoms with Gasteiger partial charge in [-0.15, -0.1) is 34.2 Å². The Morgan fingerprint density at radius 2 is 1.81 bits per heavy atom.